The Morgan fingerprint density at radius 3 is 2.50 bits per heavy atom. The minimum Gasteiger partial charge on any atom is -0.480 e. The first-order chi connectivity index (χ1) is 9.19. The number of halogens is 1. The molecule has 1 aromatic carbocycles. The number of carboxylic acid groups (broad SMARTS) is 1. The van der Waals surface area contributed by atoms with Gasteiger partial charge in [0.1, 0.15) is 16.8 Å². The number of benzene rings is 1. The van der Waals surface area contributed by atoms with Crippen LogP contribution in [-0.2, 0) is 14.8 Å². The molecule has 0 radical (unpaired) electrons. The van der Waals surface area contributed by atoms with Gasteiger partial charge in [-0.3, -0.25) is 4.79 Å². The molecule has 0 aliphatic carbocycles. The Bertz CT molecular complexity index is 600. The molecule has 0 bridgehead atoms. The zero-order chi connectivity index (χ0) is 15.5. The molecule has 0 spiro atoms. The number of rotatable bonds is 6. The van der Waals surface area contributed by atoms with Crippen molar-refractivity contribution in [1.29, 1.82) is 0 Å². The third kappa shape index (κ3) is 3.77. The van der Waals surface area contributed by atoms with E-state index >= 15 is 0 Å². The first-order valence-electron chi connectivity index (χ1n) is 6.20. The predicted molar refractivity (Wildman–Crippen MR) is 72.3 cm³/mol. The number of carbonyl (C=O) groups is 1. The molecule has 1 aromatic rings. The van der Waals surface area contributed by atoms with E-state index in [1.165, 1.54) is 6.07 Å². The van der Waals surface area contributed by atoms with Crippen molar-refractivity contribution in [2.45, 2.75) is 38.1 Å². The van der Waals surface area contributed by atoms with Crippen LogP contribution in [0.25, 0.3) is 0 Å². The summed E-state index contributed by atoms with van der Waals surface area (Å²) >= 11 is 0. The molecule has 0 aromatic heterocycles. The van der Waals surface area contributed by atoms with Crippen LogP contribution in [0.4, 0.5) is 4.39 Å². The number of aryl methyl sites for hydroxylation is 1. The number of sulfonamides is 1. The van der Waals surface area contributed by atoms with Crippen molar-refractivity contribution >= 4 is 16.0 Å². The van der Waals surface area contributed by atoms with Gasteiger partial charge in [0, 0.05) is 0 Å². The summed E-state index contributed by atoms with van der Waals surface area (Å²) in [6.45, 7) is 5.00. The Hall–Kier alpha value is -1.47. The molecule has 1 rings (SSSR count). The molecule has 20 heavy (non-hydrogen) atoms. The second-order valence-electron chi connectivity index (χ2n) is 4.76. The Kier molecular flexibility index (Phi) is 5.24. The summed E-state index contributed by atoms with van der Waals surface area (Å²) in [4.78, 5) is 10.6. The van der Waals surface area contributed by atoms with Crippen molar-refractivity contribution in [2.24, 2.45) is 5.92 Å². The van der Waals surface area contributed by atoms with Crippen molar-refractivity contribution in [2.75, 3.05) is 0 Å². The van der Waals surface area contributed by atoms with E-state index in [1.54, 1.807) is 20.8 Å². The summed E-state index contributed by atoms with van der Waals surface area (Å²) in [6.07, 6.45) is 0.482. The minimum atomic E-state index is -4.21. The van der Waals surface area contributed by atoms with E-state index in [2.05, 4.69) is 4.72 Å². The summed E-state index contributed by atoms with van der Waals surface area (Å²) in [7, 11) is -4.21. The van der Waals surface area contributed by atoms with Crippen molar-refractivity contribution < 1.29 is 22.7 Å². The summed E-state index contributed by atoms with van der Waals surface area (Å²) in [5.74, 6) is -2.59. The van der Waals surface area contributed by atoms with Crippen LogP contribution in [0.5, 0.6) is 0 Å². The van der Waals surface area contributed by atoms with Crippen molar-refractivity contribution in [1.82, 2.24) is 4.72 Å². The molecule has 0 fully saturated rings. The van der Waals surface area contributed by atoms with Crippen LogP contribution in [0.2, 0.25) is 0 Å². The molecule has 0 aliphatic rings. The van der Waals surface area contributed by atoms with Gasteiger partial charge in [0.15, 0.2) is 0 Å². The zero-order valence-corrected chi connectivity index (χ0v) is 12.4. The maximum absolute atomic E-state index is 13.7. The maximum atomic E-state index is 13.7. The molecule has 0 saturated heterocycles. The molecule has 0 aliphatic heterocycles. The Morgan fingerprint density at radius 2 is 2.05 bits per heavy atom. The Balaban J connectivity index is 3.13. The standard InChI is InChI=1S/C13H18FNO4S/c1-4-9(3)12(13(16)17)15-20(18,19)11-6-5-8(2)7-10(11)14/h5-7,9,12,15H,4H2,1-3H3,(H,16,17)/t9-,12-/m0/s1. The normalized spacial score (nSPS) is 14.8. The van der Waals surface area contributed by atoms with E-state index in [-0.39, 0.29) is 0 Å². The highest BCUT2D eigenvalue weighted by Crippen LogP contribution is 2.18. The molecule has 0 saturated carbocycles. The lowest BCUT2D eigenvalue weighted by molar-refractivity contribution is -0.140. The molecule has 2 atom stereocenters. The first-order valence-corrected chi connectivity index (χ1v) is 7.68. The lowest BCUT2D eigenvalue weighted by atomic mass is 10.0. The molecule has 2 N–H and O–H groups in total. The highest BCUT2D eigenvalue weighted by atomic mass is 32.2. The summed E-state index contributed by atoms with van der Waals surface area (Å²) in [5.41, 5.74) is 0.582. The Morgan fingerprint density at radius 1 is 1.45 bits per heavy atom. The largest absolute Gasteiger partial charge is 0.480 e. The maximum Gasteiger partial charge on any atom is 0.322 e. The van der Waals surface area contributed by atoms with Crippen LogP contribution >= 0.6 is 0 Å². The third-order valence-electron chi connectivity index (χ3n) is 3.14. The van der Waals surface area contributed by atoms with Gasteiger partial charge in [0.05, 0.1) is 0 Å². The summed E-state index contributed by atoms with van der Waals surface area (Å²) in [6, 6.07) is 2.39. The highest BCUT2D eigenvalue weighted by molar-refractivity contribution is 7.89. The summed E-state index contributed by atoms with van der Waals surface area (Å²) in [5, 5.41) is 9.08. The number of aliphatic carboxylic acids is 1. The van der Waals surface area contributed by atoms with Crippen molar-refractivity contribution in [3.8, 4) is 0 Å². The first kappa shape index (κ1) is 16.6. The van der Waals surface area contributed by atoms with Crippen LogP contribution in [-0.4, -0.2) is 25.5 Å². The second-order valence-corrected chi connectivity index (χ2v) is 6.44. The van der Waals surface area contributed by atoms with E-state index in [9.17, 15) is 17.6 Å². The average molecular weight is 303 g/mol. The molecular formula is C13H18FNO4S. The van der Waals surface area contributed by atoms with Gasteiger partial charge in [-0.2, -0.15) is 4.72 Å². The number of hydrogen-bond acceptors (Lipinski definition) is 3. The fourth-order valence-electron chi connectivity index (χ4n) is 1.70. The van der Waals surface area contributed by atoms with Crippen molar-refractivity contribution in [3.05, 3.63) is 29.6 Å². The average Bonchev–Trinajstić information content (AvgIpc) is 2.34. The second kappa shape index (κ2) is 6.32. The van der Waals surface area contributed by atoms with Gasteiger partial charge in [-0.1, -0.05) is 26.3 Å². The topological polar surface area (TPSA) is 83.5 Å². The van der Waals surface area contributed by atoms with E-state index in [0.717, 1.165) is 12.1 Å². The molecule has 5 nitrogen and oxygen atoms in total. The molecule has 0 amide bonds. The lowest BCUT2D eigenvalue weighted by Gasteiger charge is -2.20. The van der Waals surface area contributed by atoms with Gasteiger partial charge in [-0.15, -0.1) is 0 Å². The van der Waals surface area contributed by atoms with Crippen LogP contribution in [0.1, 0.15) is 25.8 Å². The fraction of sp³-hybridized carbons (Fsp3) is 0.462. The van der Waals surface area contributed by atoms with E-state index < -0.39 is 38.7 Å². The van der Waals surface area contributed by atoms with Crippen LogP contribution in [0.15, 0.2) is 23.1 Å². The zero-order valence-electron chi connectivity index (χ0n) is 11.6. The molecular weight excluding hydrogens is 285 g/mol. The van der Waals surface area contributed by atoms with Crippen LogP contribution < -0.4 is 4.72 Å². The van der Waals surface area contributed by atoms with Crippen LogP contribution in [0, 0.1) is 18.7 Å². The quantitative estimate of drug-likeness (QED) is 0.841. The number of carboxylic acids is 1. The van der Waals surface area contributed by atoms with Gasteiger partial charge in [-0.25, -0.2) is 12.8 Å². The monoisotopic (exact) mass is 303 g/mol. The van der Waals surface area contributed by atoms with E-state index in [4.69, 9.17) is 5.11 Å². The Labute approximate surface area is 117 Å². The molecule has 0 heterocycles. The highest BCUT2D eigenvalue weighted by Gasteiger charge is 2.30. The lowest BCUT2D eigenvalue weighted by Crippen LogP contribution is -2.45. The van der Waals surface area contributed by atoms with Gasteiger partial charge in [0.2, 0.25) is 10.0 Å². The predicted octanol–water partition coefficient (Wildman–Crippen LogP) is 1.91. The summed E-state index contributed by atoms with van der Waals surface area (Å²) < 4.78 is 39.9. The van der Waals surface area contributed by atoms with Crippen LogP contribution in [0.3, 0.4) is 0 Å². The van der Waals surface area contributed by atoms with E-state index in [1.807, 2.05) is 0 Å². The van der Waals surface area contributed by atoms with Gasteiger partial charge >= 0.3 is 5.97 Å². The molecule has 0 unspecified atom stereocenters. The number of hydrogen-bond donors (Lipinski definition) is 2. The SMILES string of the molecule is CC[C@H](C)[C@H](NS(=O)(=O)c1ccc(C)cc1F)C(=O)O. The van der Waals surface area contributed by atoms with Gasteiger partial charge < -0.3 is 5.11 Å². The number of nitrogens with one attached hydrogen (secondary N) is 1. The fourth-order valence-corrected chi connectivity index (χ4v) is 3.06. The third-order valence-corrected chi connectivity index (χ3v) is 4.61. The minimum absolute atomic E-state index is 0.407. The van der Waals surface area contributed by atoms with E-state index in [0.29, 0.717) is 12.0 Å². The smallest absolute Gasteiger partial charge is 0.322 e. The molecule has 112 valence electrons. The van der Waals surface area contributed by atoms with Crippen molar-refractivity contribution in [3.63, 3.8) is 0 Å². The van der Waals surface area contributed by atoms with Gasteiger partial charge in [-0.05, 0) is 30.5 Å². The molecule has 7 heteroatoms. The van der Waals surface area contributed by atoms with Gasteiger partial charge in [0.25, 0.3) is 0 Å².